The fourth-order valence-electron chi connectivity index (χ4n) is 9.39. The van der Waals surface area contributed by atoms with Gasteiger partial charge in [0, 0.05) is 22.4 Å². The normalized spacial score (nSPS) is 14.4. The van der Waals surface area contributed by atoms with Crippen molar-refractivity contribution in [2.24, 2.45) is 0 Å². The first-order valence-corrected chi connectivity index (χ1v) is 18.0. The second-order valence-corrected chi connectivity index (χ2v) is 14.5. The molecular weight excluding hydrogens is 615 g/mol. The fourth-order valence-corrected chi connectivity index (χ4v) is 9.39. The van der Waals surface area contributed by atoms with E-state index in [-0.39, 0.29) is 5.41 Å². The molecule has 0 saturated heterocycles. The van der Waals surface area contributed by atoms with E-state index in [0.717, 1.165) is 11.4 Å². The molecule has 8 aromatic carbocycles. The molecule has 0 bridgehead atoms. The lowest BCUT2D eigenvalue weighted by Crippen LogP contribution is -2.28. The third kappa shape index (κ3) is 4.15. The topological polar surface area (TPSA) is 3.24 Å². The largest absolute Gasteiger partial charge is 0.310 e. The number of nitrogens with zero attached hydrogens (tertiary/aromatic N) is 1. The molecule has 0 saturated carbocycles. The number of hydrogen-bond donors (Lipinski definition) is 0. The molecule has 0 aromatic heterocycles. The Labute approximate surface area is 300 Å². The highest BCUT2D eigenvalue weighted by atomic mass is 15.1. The molecular formula is C50H37N. The van der Waals surface area contributed by atoms with Crippen LogP contribution in [0.25, 0.3) is 33.0 Å². The van der Waals surface area contributed by atoms with E-state index < -0.39 is 5.41 Å². The number of benzene rings is 8. The van der Waals surface area contributed by atoms with E-state index in [1.54, 1.807) is 0 Å². The van der Waals surface area contributed by atoms with Gasteiger partial charge in [-0.05, 0) is 91.2 Å². The Morgan fingerprint density at radius 1 is 0.412 bits per heavy atom. The zero-order chi connectivity index (χ0) is 34.2. The molecule has 8 aromatic rings. The molecule has 1 nitrogen and oxygen atoms in total. The first-order valence-electron chi connectivity index (χ1n) is 18.0. The highest BCUT2D eigenvalue weighted by Crippen LogP contribution is 2.58. The molecule has 10 rings (SSSR count). The van der Waals surface area contributed by atoms with E-state index in [9.17, 15) is 0 Å². The van der Waals surface area contributed by atoms with Crippen LogP contribution in [0.1, 0.15) is 47.2 Å². The number of hydrogen-bond acceptors (Lipinski definition) is 1. The van der Waals surface area contributed by atoms with E-state index in [4.69, 9.17) is 0 Å². The van der Waals surface area contributed by atoms with Gasteiger partial charge in [-0.2, -0.15) is 0 Å². The molecule has 0 heterocycles. The van der Waals surface area contributed by atoms with Gasteiger partial charge in [0.05, 0.1) is 11.1 Å². The summed E-state index contributed by atoms with van der Waals surface area (Å²) in [4.78, 5) is 2.47. The zero-order valence-electron chi connectivity index (χ0n) is 28.8. The van der Waals surface area contributed by atoms with Crippen LogP contribution >= 0.6 is 0 Å². The molecule has 0 atom stereocenters. The Balaban J connectivity index is 1.23. The maximum atomic E-state index is 2.47. The molecule has 51 heavy (non-hydrogen) atoms. The lowest BCUT2D eigenvalue weighted by atomic mass is 9.68. The number of fused-ring (bicyclic) bond motifs is 8. The Morgan fingerprint density at radius 3 is 1.57 bits per heavy atom. The van der Waals surface area contributed by atoms with Crippen LogP contribution in [0.5, 0.6) is 0 Å². The number of anilines is 3. The third-order valence-corrected chi connectivity index (χ3v) is 11.5. The van der Waals surface area contributed by atoms with Gasteiger partial charge in [-0.3, -0.25) is 0 Å². The van der Waals surface area contributed by atoms with E-state index >= 15 is 0 Å². The first kappa shape index (κ1) is 29.7. The summed E-state index contributed by atoms with van der Waals surface area (Å²) < 4.78 is 0. The minimum atomic E-state index is -0.433. The first-order chi connectivity index (χ1) is 25.1. The molecule has 242 valence electrons. The van der Waals surface area contributed by atoms with E-state index in [2.05, 4.69) is 207 Å². The summed E-state index contributed by atoms with van der Waals surface area (Å²) in [5.41, 5.74) is 16.1. The molecule has 0 unspecified atom stereocenters. The highest BCUT2D eigenvalue weighted by Gasteiger charge is 2.46. The van der Waals surface area contributed by atoms with Gasteiger partial charge in [-0.25, -0.2) is 0 Å². The van der Waals surface area contributed by atoms with Crippen LogP contribution in [-0.4, -0.2) is 0 Å². The predicted octanol–water partition coefficient (Wildman–Crippen LogP) is 13.0. The van der Waals surface area contributed by atoms with Crippen molar-refractivity contribution in [1.29, 1.82) is 0 Å². The van der Waals surface area contributed by atoms with Gasteiger partial charge in [0.15, 0.2) is 0 Å². The average molecular weight is 652 g/mol. The summed E-state index contributed by atoms with van der Waals surface area (Å²) >= 11 is 0. The van der Waals surface area contributed by atoms with Crippen LogP contribution in [0, 0.1) is 0 Å². The molecule has 0 fully saturated rings. The Hall–Kier alpha value is -6.18. The monoisotopic (exact) mass is 651 g/mol. The third-order valence-electron chi connectivity index (χ3n) is 11.5. The molecule has 0 amide bonds. The molecule has 0 spiro atoms. The summed E-state index contributed by atoms with van der Waals surface area (Å²) in [6.45, 7) is 4.77. The predicted molar refractivity (Wildman–Crippen MR) is 213 cm³/mol. The van der Waals surface area contributed by atoms with Gasteiger partial charge in [0.25, 0.3) is 0 Å². The molecule has 2 aliphatic rings. The van der Waals surface area contributed by atoms with Crippen LogP contribution in [0.2, 0.25) is 0 Å². The van der Waals surface area contributed by atoms with Gasteiger partial charge >= 0.3 is 0 Å². The molecule has 2 aliphatic carbocycles. The van der Waals surface area contributed by atoms with E-state index in [0.29, 0.717) is 0 Å². The fraction of sp³-hybridized carbons (Fsp3) is 0.0800. The maximum Gasteiger partial charge on any atom is 0.0713 e. The molecule has 0 N–H and O–H groups in total. The molecule has 0 aliphatic heterocycles. The second kappa shape index (κ2) is 11.2. The zero-order valence-corrected chi connectivity index (χ0v) is 28.8. The summed E-state index contributed by atoms with van der Waals surface area (Å²) in [6, 6.07) is 69.5. The smallest absolute Gasteiger partial charge is 0.0713 e. The van der Waals surface area contributed by atoms with Gasteiger partial charge in [-0.1, -0.05) is 172 Å². The SMILES string of the molecule is CC1(C)c2ccccc2-c2c(N(c3ccccc3)c3ccc(C4(c5ccccc5)c5ccccc5-c5ccccc54)cc3)cc3ccccc3c21. The van der Waals surface area contributed by atoms with Gasteiger partial charge in [0.2, 0.25) is 0 Å². The van der Waals surface area contributed by atoms with Crippen molar-refractivity contribution in [1.82, 2.24) is 0 Å². The Kier molecular flexibility index (Phi) is 6.51. The highest BCUT2D eigenvalue weighted by molar-refractivity contribution is 6.06. The lowest BCUT2D eigenvalue weighted by Gasteiger charge is -2.35. The van der Waals surface area contributed by atoms with Gasteiger partial charge < -0.3 is 4.90 Å². The summed E-state index contributed by atoms with van der Waals surface area (Å²) in [5.74, 6) is 0. The van der Waals surface area contributed by atoms with Crippen LogP contribution in [0.4, 0.5) is 17.1 Å². The van der Waals surface area contributed by atoms with E-state index in [1.165, 1.54) is 72.1 Å². The number of para-hydroxylation sites is 1. The van der Waals surface area contributed by atoms with Gasteiger partial charge in [0.1, 0.15) is 0 Å². The maximum absolute atomic E-state index is 2.47. The van der Waals surface area contributed by atoms with Crippen LogP contribution in [-0.2, 0) is 10.8 Å². The summed E-state index contributed by atoms with van der Waals surface area (Å²) in [7, 11) is 0. The van der Waals surface area contributed by atoms with Crippen molar-refractivity contribution >= 4 is 27.8 Å². The standard InChI is InChI=1S/C50H37N/c1-49(2)43-26-14-13-25-42(43)47-46(33-34-17-9-10-22-39(34)48(47)49)51(37-20-7-4-8-21-37)38-31-29-36(30-32-38)50(35-18-5-3-6-19-35)44-27-15-11-23-40(44)41-24-12-16-28-45(41)50/h3-33H,1-2H3. The molecule has 1 heteroatoms. The van der Waals surface area contributed by atoms with Crippen LogP contribution in [0.3, 0.4) is 0 Å². The van der Waals surface area contributed by atoms with Gasteiger partial charge in [-0.15, -0.1) is 0 Å². The van der Waals surface area contributed by atoms with Crippen LogP contribution < -0.4 is 4.90 Å². The lowest BCUT2D eigenvalue weighted by molar-refractivity contribution is 0.666. The summed E-state index contributed by atoms with van der Waals surface area (Å²) in [5, 5.41) is 2.58. The Morgan fingerprint density at radius 2 is 0.902 bits per heavy atom. The molecule has 0 radical (unpaired) electrons. The van der Waals surface area contributed by atoms with Crippen molar-refractivity contribution in [3.8, 4) is 22.3 Å². The second-order valence-electron chi connectivity index (χ2n) is 14.5. The quantitative estimate of drug-likeness (QED) is 0.179. The van der Waals surface area contributed by atoms with Crippen molar-refractivity contribution in [3.63, 3.8) is 0 Å². The van der Waals surface area contributed by atoms with E-state index in [1.807, 2.05) is 0 Å². The minimum Gasteiger partial charge on any atom is -0.310 e. The number of rotatable bonds is 5. The Bertz CT molecular complexity index is 2550. The van der Waals surface area contributed by atoms with Crippen molar-refractivity contribution in [2.45, 2.75) is 24.7 Å². The average Bonchev–Trinajstić information content (AvgIpc) is 3.63. The van der Waals surface area contributed by atoms with Crippen molar-refractivity contribution < 1.29 is 0 Å². The summed E-state index contributed by atoms with van der Waals surface area (Å²) in [6.07, 6.45) is 0. The van der Waals surface area contributed by atoms with Crippen molar-refractivity contribution in [2.75, 3.05) is 4.90 Å². The minimum absolute atomic E-state index is 0.140. The van der Waals surface area contributed by atoms with Crippen LogP contribution in [0.15, 0.2) is 188 Å². The van der Waals surface area contributed by atoms with Crippen molar-refractivity contribution in [3.05, 3.63) is 221 Å².